The second-order valence-electron chi connectivity index (χ2n) is 4.88. The Labute approximate surface area is 106 Å². The third kappa shape index (κ3) is 4.12. The van der Waals surface area contributed by atoms with E-state index in [0.717, 1.165) is 0 Å². The molecule has 1 amide bonds. The molecule has 1 heterocycles. The first kappa shape index (κ1) is 14.1. The highest BCUT2D eigenvalue weighted by atomic mass is 16.6. The van der Waals surface area contributed by atoms with Crippen molar-refractivity contribution in [2.75, 3.05) is 5.32 Å². The lowest BCUT2D eigenvalue weighted by Crippen LogP contribution is -2.28. The maximum Gasteiger partial charge on any atom is 0.414 e. The van der Waals surface area contributed by atoms with Crippen LogP contribution in [0.25, 0.3) is 0 Å². The van der Waals surface area contributed by atoms with Gasteiger partial charge in [0.25, 0.3) is 0 Å². The van der Waals surface area contributed by atoms with Crippen molar-refractivity contribution in [3.8, 4) is 0 Å². The van der Waals surface area contributed by atoms with Gasteiger partial charge in [0.2, 0.25) is 5.95 Å². The number of hydrogen-bond acceptors (Lipinski definition) is 5. The number of carbonyl (C=O) groups is 2. The number of nitrogens with zero attached hydrogens (tertiary/aromatic N) is 2. The highest BCUT2D eigenvalue weighted by molar-refractivity contribution is 5.95. The Morgan fingerprint density at radius 3 is 2.39 bits per heavy atom. The Balaban J connectivity index is 2.78. The van der Waals surface area contributed by atoms with Crippen molar-refractivity contribution >= 4 is 17.8 Å². The Bertz CT molecular complexity index is 478. The molecule has 6 heteroatoms. The molecule has 0 aliphatic rings. The molecule has 0 saturated heterocycles. The van der Waals surface area contributed by atoms with Crippen LogP contribution < -0.4 is 5.32 Å². The molecule has 1 aromatic heterocycles. The largest absolute Gasteiger partial charge is 0.444 e. The van der Waals surface area contributed by atoms with Gasteiger partial charge in [-0.2, -0.15) is 0 Å². The fourth-order valence-electron chi connectivity index (χ4n) is 1.27. The van der Waals surface area contributed by atoms with Gasteiger partial charge in [-0.1, -0.05) is 0 Å². The minimum Gasteiger partial charge on any atom is -0.444 e. The van der Waals surface area contributed by atoms with Crippen molar-refractivity contribution in [1.82, 2.24) is 9.97 Å². The normalized spacial score (nSPS) is 10.9. The summed E-state index contributed by atoms with van der Waals surface area (Å²) in [5.41, 5.74) is 0.367. The fraction of sp³-hybridized carbons (Fsp3) is 0.500. The quantitative estimate of drug-likeness (QED) is 0.816. The van der Waals surface area contributed by atoms with E-state index in [1.54, 1.807) is 27.7 Å². The van der Waals surface area contributed by atoms with Crippen molar-refractivity contribution in [1.29, 1.82) is 0 Å². The van der Waals surface area contributed by atoms with Crippen LogP contribution in [0, 0.1) is 6.92 Å². The van der Waals surface area contributed by atoms with Gasteiger partial charge in [-0.05, 0) is 34.6 Å². The maximum absolute atomic E-state index is 11.5. The summed E-state index contributed by atoms with van der Waals surface area (Å²) < 4.78 is 5.06. The van der Waals surface area contributed by atoms with Crippen molar-refractivity contribution in [2.45, 2.75) is 40.2 Å². The van der Waals surface area contributed by atoms with Crippen molar-refractivity contribution in [2.24, 2.45) is 0 Å². The maximum atomic E-state index is 11.5. The van der Waals surface area contributed by atoms with Crippen LogP contribution in [0.2, 0.25) is 0 Å². The lowest BCUT2D eigenvalue weighted by Gasteiger charge is -2.19. The number of Topliss-reactive ketones (excluding diaryl/α,β-unsaturated/α-hetero) is 1. The van der Waals surface area contributed by atoms with Gasteiger partial charge in [-0.15, -0.1) is 0 Å². The molecule has 0 radical (unpaired) electrons. The van der Waals surface area contributed by atoms with E-state index in [9.17, 15) is 9.59 Å². The molecule has 98 valence electrons. The molecule has 18 heavy (non-hydrogen) atoms. The van der Waals surface area contributed by atoms with E-state index in [0.29, 0.717) is 11.3 Å². The van der Waals surface area contributed by atoms with E-state index in [1.165, 1.54) is 13.1 Å². The van der Waals surface area contributed by atoms with E-state index in [1.807, 2.05) is 0 Å². The van der Waals surface area contributed by atoms with Crippen LogP contribution in [0.4, 0.5) is 10.7 Å². The zero-order valence-corrected chi connectivity index (χ0v) is 11.2. The van der Waals surface area contributed by atoms with Gasteiger partial charge in [-0.3, -0.25) is 10.1 Å². The molecule has 1 aromatic rings. The van der Waals surface area contributed by atoms with Crippen molar-refractivity contribution < 1.29 is 14.3 Å². The predicted molar refractivity (Wildman–Crippen MR) is 66.6 cm³/mol. The number of anilines is 1. The molecule has 0 aliphatic carbocycles. The number of ether oxygens (including phenoxy) is 1. The minimum absolute atomic E-state index is 0.115. The average Bonchev–Trinajstić information content (AvgIpc) is 2.13. The Morgan fingerprint density at radius 1 is 1.33 bits per heavy atom. The molecular formula is C12H17N3O3. The first-order valence-electron chi connectivity index (χ1n) is 5.53. The highest BCUT2D eigenvalue weighted by Crippen LogP contribution is 2.11. The molecule has 1 N–H and O–H groups in total. The lowest BCUT2D eigenvalue weighted by molar-refractivity contribution is 0.0634. The number of ketones is 1. The van der Waals surface area contributed by atoms with Crippen LogP contribution in [0.15, 0.2) is 6.20 Å². The number of hydrogen-bond donors (Lipinski definition) is 1. The third-order valence-corrected chi connectivity index (χ3v) is 1.97. The van der Waals surface area contributed by atoms with E-state index < -0.39 is 11.7 Å². The van der Waals surface area contributed by atoms with Gasteiger partial charge in [0.1, 0.15) is 5.60 Å². The molecule has 0 bridgehead atoms. The molecule has 0 unspecified atom stereocenters. The van der Waals surface area contributed by atoms with Gasteiger partial charge >= 0.3 is 6.09 Å². The van der Waals surface area contributed by atoms with Crippen molar-refractivity contribution in [3.05, 3.63) is 17.5 Å². The molecule has 0 aliphatic heterocycles. The summed E-state index contributed by atoms with van der Waals surface area (Å²) in [6, 6.07) is 0. The first-order valence-corrected chi connectivity index (χ1v) is 5.53. The first-order chi connectivity index (χ1) is 8.19. The average molecular weight is 251 g/mol. The molecule has 0 aromatic carbocycles. The Kier molecular flexibility index (Phi) is 4.00. The van der Waals surface area contributed by atoms with Crippen LogP contribution >= 0.6 is 0 Å². The van der Waals surface area contributed by atoms with E-state index >= 15 is 0 Å². The van der Waals surface area contributed by atoms with E-state index in [4.69, 9.17) is 4.74 Å². The summed E-state index contributed by atoms with van der Waals surface area (Å²) in [6.07, 6.45) is 0.759. The number of nitrogens with one attached hydrogen (secondary N) is 1. The second-order valence-corrected chi connectivity index (χ2v) is 4.88. The summed E-state index contributed by atoms with van der Waals surface area (Å²) in [4.78, 5) is 30.6. The van der Waals surface area contributed by atoms with Crippen LogP contribution in [-0.2, 0) is 4.74 Å². The molecule has 0 fully saturated rings. The second kappa shape index (κ2) is 5.12. The molecular weight excluding hydrogens is 234 g/mol. The molecule has 1 rings (SSSR count). The van der Waals surface area contributed by atoms with Crippen LogP contribution in [-0.4, -0.2) is 27.4 Å². The molecule has 0 saturated carbocycles. The standard InChI is InChI=1S/C12H17N3O3/c1-7-9(8(2)16)6-13-10(14-7)15-11(17)18-12(3,4)5/h6H,1-5H3,(H,13,14,15,17). The smallest absolute Gasteiger partial charge is 0.414 e. The fourth-order valence-corrected chi connectivity index (χ4v) is 1.27. The molecule has 0 atom stereocenters. The highest BCUT2D eigenvalue weighted by Gasteiger charge is 2.17. The summed E-state index contributed by atoms with van der Waals surface area (Å²) in [6.45, 7) is 8.40. The number of carbonyl (C=O) groups excluding carboxylic acids is 2. The summed E-state index contributed by atoms with van der Waals surface area (Å²) in [5.74, 6) is 0.00284. The summed E-state index contributed by atoms with van der Waals surface area (Å²) >= 11 is 0. The van der Waals surface area contributed by atoms with Gasteiger partial charge < -0.3 is 4.74 Å². The van der Waals surface area contributed by atoms with Crippen LogP contribution in [0.3, 0.4) is 0 Å². The molecule has 0 spiro atoms. The van der Waals surface area contributed by atoms with Gasteiger partial charge in [-0.25, -0.2) is 14.8 Å². The SMILES string of the molecule is CC(=O)c1cnc(NC(=O)OC(C)(C)C)nc1C. The lowest BCUT2D eigenvalue weighted by atomic mass is 10.2. The predicted octanol–water partition coefficient (Wildman–Crippen LogP) is 2.33. The topological polar surface area (TPSA) is 81.2 Å². The van der Waals surface area contributed by atoms with E-state index in [-0.39, 0.29) is 11.7 Å². The van der Waals surface area contributed by atoms with Gasteiger partial charge in [0.15, 0.2) is 5.78 Å². The van der Waals surface area contributed by atoms with Crippen LogP contribution in [0.5, 0.6) is 0 Å². The number of aromatic nitrogens is 2. The monoisotopic (exact) mass is 251 g/mol. The number of aryl methyl sites for hydroxylation is 1. The zero-order valence-electron chi connectivity index (χ0n) is 11.2. The summed E-state index contributed by atoms with van der Waals surface area (Å²) in [5, 5.41) is 2.41. The van der Waals surface area contributed by atoms with Gasteiger partial charge in [0.05, 0.1) is 11.3 Å². The minimum atomic E-state index is -0.627. The third-order valence-electron chi connectivity index (χ3n) is 1.97. The Morgan fingerprint density at radius 2 is 1.94 bits per heavy atom. The number of rotatable bonds is 2. The summed E-state index contributed by atoms with van der Waals surface area (Å²) in [7, 11) is 0. The van der Waals surface area contributed by atoms with Gasteiger partial charge in [0, 0.05) is 6.20 Å². The van der Waals surface area contributed by atoms with Crippen LogP contribution in [0.1, 0.15) is 43.7 Å². The number of amides is 1. The van der Waals surface area contributed by atoms with Crippen molar-refractivity contribution in [3.63, 3.8) is 0 Å². The Hall–Kier alpha value is -1.98. The molecule has 6 nitrogen and oxygen atoms in total. The van der Waals surface area contributed by atoms with E-state index in [2.05, 4.69) is 15.3 Å². The zero-order chi connectivity index (χ0) is 13.9.